The second-order valence-corrected chi connectivity index (χ2v) is 5.24. The lowest BCUT2D eigenvalue weighted by atomic mass is 10.2. The van der Waals surface area contributed by atoms with Crippen molar-refractivity contribution in [2.75, 3.05) is 19.7 Å². The number of nitrogens with one attached hydrogen (secondary N) is 2. The van der Waals surface area contributed by atoms with E-state index >= 15 is 0 Å². The van der Waals surface area contributed by atoms with Crippen molar-refractivity contribution in [2.45, 2.75) is 26.2 Å². The second kappa shape index (κ2) is 9.97. The molecule has 0 aromatic carbocycles. The molecule has 0 aliphatic heterocycles. The predicted octanol–water partition coefficient (Wildman–Crippen LogP) is 1.13. The van der Waals surface area contributed by atoms with Crippen molar-refractivity contribution in [2.24, 2.45) is 0 Å². The molecule has 0 unspecified atom stereocenters. The van der Waals surface area contributed by atoms with Crippen molar-refractivity contribution in [3.05, 3.63) is 21.9 Å². The Balaban J connectivity index is 2.36. The minimum atomic E-state index is -0.204. The molecule has 5 nitrogen and oxygen atoms in total. The number of carbonyl (C=O) groups excluding carboxylic acids is 2. The Kier molecular flexibility index (Phi) is 8.17. The fourth-order valence-electron chi connectivity index (χ4n) is 1.47. The molecule has 21 heavy (non-hydrogen) atoms. The van der Waals surface area contributed by atoms with Crippen molar-refractivity contribution in [3.63, 3.8) is 0 Å². The molecule has 1 aromatic heterocycles. The molecule has 0 saturated heterocycles. The van der Waals surface area contributed by atoms with Crippen molar-refractivity contribution >= 4 is 23.2 Å². The van der Waals surface area contributed by atoms with Gasteiger partial charge in [-0.2, -0.15) is 0 Å². The Morgan fingerprint density at radius 2 is 2.14 bits per heavy atom. The molecule has 1 heterocycles. The second-order valence-electron chi connectivity index (χ2n) is 4.33. The zero-order valence-electron chi connectivity index (χ0n) is 12.1. The average Bonchev–Trinajstić information content (AvgIpc) is 2.94. The number of aliphatic hydroxyl groups excluding tert-OH is 1. The van der Waals surface area contributed by atoms with E-state index in [-0.39, 0.29) is 24.8 Å². The smallest absolute Gasteiger partial charge is 0.252 e. The van der Waals surface area contributed by atoms with Gasteiger partial charge >= 0.3 is 0 Å². The van der Waals surface area contributed by atoms with Gasteiger partial charge in [0.2, 0.25) is 5.91 Å². The van der Waals surface area contributed by atoms with E-state index < -0.39 is 0 Å². The summed E-state index contributed by atoms with van der Waals surface area (Å²) >= 11 is 1.38. The maximum Gasteiger partial charge on any atom is 0.252 e. The van der Waals surface area contributed by atoms with Gasteiger partial charge in [-0.25, -0.2) is 0 Å². The van der Waals surface area contributed by atoms with Crippen LogP contribution in [-0.4, -0.2) is 36.6 Å². The summed E-state index contributed by atoms with van der Waals surface area (Å²) in [6.07, 6.45) is 1.60. The van der Waals surface area contributed by atoms with Crippen molar-refractivity contribution < 1.29 is 14.7 Å². The molecular weight excluding hydrogens is 288 g/mol. The maximum atomic E-state index is 11.9. The molecule has 0 aliphatic carbocycles. The highest BCUT2D eigenvalue weighted by atomic mass is 32.1. The molecule has 0 saturated carbocycles. The number of hydrogen-bond donors (Lipinski definition) is 3. The standard InChI is InChI=1S/C15H20N2O3S/c1-2-7-16-14(19)6-8-17-15(20)12-10-13(21-11-12)5-3-4-9-18/h10-11,18H,2,4,6-9H2,1H3,(H,16,19)(H,17,20). The minimum absolute atomic E-state index is 0.0335. The van der Waals surface area contributed by atoms with E-state index in [0.29, 0.717) is 25.1 Å². The Hall–Kier alpha value is -1.84. The quantitative estimate of drug-likeness (QED) is 0.661. The van der Waals surface area contributed by atoms with Gasteiger partial charge in [0, 0.05) is 31.3 Å². The number of aliphatic hydroxyl groups is 1. The van der Waals surface area contributed by atoms with E-state index in [2.05, 4.69) is 22.5 Å². The van der Waals surface area contributed by atoms with E-state index in [1.54, 1.807) is 11.4 Å². The molecular formula is C15H20N2O3S. The predicted molar refractivity (Wildman–Crippen MR) is 83.2 cm³/mol. The maximum absolute atomic E-state index is 11.9. The monoisotopic (exact) mass is 308 g/mol. The SMILES string of the molecule is CCCNC(=O)CCNC(=O)c1csc(C#CCCO)c1. The summed E-state index contributed by atoms with van der Waals surface area (Å²) in [5, 5.41) is 15.8. The molecule has 2 amide bonds. The van der Waals surface area contributed by atoms with Crippen LogP contribution in [0.3, 0.4) is 0 Å². The molecule has 6 heteroatoms. The van der Waals surface area contributed by atoms with Gasteiger partial charge in [-0.15, -0.1) is 11.3 Å². The van der Waals surface area contributed by atoms with E-state index in [1.807, 2.05) is 6.92 Å². The Labute approximate surface area is 128 Å². The first kappa shape index (κ1) is 17.2. The molecule has 0 spiro atoms. The summed E-state index contributed by atoms with van der Waals surface area (Å²) in [5.41, 5.74) is 0.544. The van der Waals surface area contributed by atoms with Crippen LogP contribution >= 0.6 is 11.3 Å². The van der Waals surface area contributed by atoms with Crippen LogP contribution in [0, 0.1) is 11.8 Å². The van der Waals surface area contributed by atoms with Gasteiger partial charge in [0.1, 0.15) is 0 Å². The minimum Gasteiger partial charge on any atom is -0.395 e. The fourth-order valence-corrected chi connectivity index (χ4v) is 2.23. The van der Waals surface area contributed by atoms with Crippen LogP contribution in [0.15, 0.2) is 11.4 Å². The lowest BCUT2D eigenvalue weighted by Crippen LogP contribution is -2.30. The molecule has 0 atom stereocenters. The lowest BCUT2D eigenvalue weighted by Gasteiger charge is -2.04. The van der Waals surface area contributed by atoms with E-state index in [4.69, 9.17) is 5.11 Å². The number of hydrogen-bond acceptors (Lipinski definition) is 4. The molecule has 0 radical (unpaired) electrons. The fraction of sp³-hybridized carbons (Fsp3) is 0.467. The Morgan fingerprint density at radius 1 is 1.33 bits per heavy atom. The van der Waals surface area contributed by atoms with Gasteiger partial charge in [-0.3, -0.25) is 9.59 Å². The number of carbonyl (C=O) groups is 2. The van der Waals surface area contributed by atoms with Crippen molar-refractivity contribution in [3.8, 4) is 11.8 Å². The van der Waals surface area contributed by atoms with E-state index in [1.165, 1.54) is 11.3 Å². The summed E-state index contributed by atoms with van der Waals surface area (Å²) in [5.74, 6) is 5.43. The molecule has 114 valence electrons. The van der Waals surface area contributed by atoms with Gasteiger partial charge in [0.25, 0.3) is 5.91 Å². The molecule has 0 fully saturated rings. The molecule has 1 rings (SSSR count). The van der Waals surface area contributed by atoms with Crippen LogP contribution in [0.1, 0.15) is 41.4 Å². The summed E-state index contributed by atoms with van der Waals surface area (Å²) in [7, 11) is 0. The molecule has 3 N–H and O–H groups in total. The Bertz CT molecular complexity index is 529. The summed E-state index contributed by atoms with van der Waals surface area (Å²) in [6.45, 7) is 2.99. The highest BCUT2D eigenvalue weighted by Crippen LogP contribution is 2.13. The summed E-state index contributed by atoms with van der Waals surface area (Å²) in [6, 6.07) is 1.71. The van der Waals surface area contributed by atoms with E-state index in [0.717, 1.165) is 11.3 Å². The van der Waals surface area contributed by atoms with Crippen LogP contribution in [0.2, 0.25) is 0 Å². The highest BCUT2D eigenvalue weighted by Gasteiger charge is 2.08. The van der Waals surface area contributed by atoms with Gasteiger partial charge in [0.05, 0.1) is 17.0 Å². The summed E-state index contributed by atoms with van der Waals surface area (Å²) in [4.78, 5) is 24.0. The largest absolute Gasteiger partial charge is 0.395 e. The first-order valence-corrected chi connectivity index (χ1v) is 7.78. The zero-order valence-corrected chi connectivity index (χ0v) is 12.9. The van der Waals surface area contributed by atoms with Gasteiger partial charge in [-0.1, -0.05) is 18.8 Å². The molecule has 0 bridgehead atoms. The average molecular weight is 308 g/mol. The van der Waals surface area contributed by atoms with Gasteiger partial charge in [0.15, 0.2) is 0 Å². The number of thiophene rings is 1. The van der Waals surface area contributed by atoms with Crippen molar-refractivity contribution in [1.82, 2.24) is 10.6 Å². The van der Waals surface area contributed by atoms with Crippen molar-refractivity contribution in [1.29, 1.82) is 0 Å². The normalized spacial score (nSPS) is 9.62. The Morgan fingerprint density at radius 3 is 2.86 bits per heavy atom. The first-order chi connectivity index (χ1) is 10.2. The molecule has 1 aromatic rings. The van der Waals surface area contributed by atoms with Gasteiger partial charge < -0.3 is 15.7 Å². The van der Waals surface area contributed by atoms with Crippen LogP contribution in [0.5, 0.6) is 0 Å². The van der Waals surface area contributed by atoms with Gasteiger partial charge in [-0.05, 0) is 12.5 Å². The molecule has 0 aliphatic rings. The summed E-state index contributed by atoms with van der Waals surface area (Å²) < 4.78 is 0. The third-order valence-electron chi connectivity index (χ3n) is 2.52. The third-order valence-corrected chi connectivity index (χ3v) is 3.37. The van der Waals surface area contributed by atoms with Crippen LogP contribution in [0.25, 0.3) is 0 Å². The highest BCUT2D eigenvalue weighted by molar-refractivity contribution is 7.10. The van der Waals surface area contributed by atoms with Crippen LogP contribution in [0.4, 0.5) is 0 Å². The topological polar surface area (TPSA) is 78.4 Å². The lowest BCUT2D eigenvalue weighted by molar-refractivity contribution is -0.120. The first-order valence-electron chi connectivity index (χ1n) is 6.90. The van der Waals surface area contributed by atoms with Crippen LogP contribution < -0.4 is 10.6 Å². The third kappa shape index (κ3) is 6.93. The van der Waals surface area contributed by atoms with E-state index in [9.17, 15) is 9.59 Å². The van der Waals surface area contributed by atoms with Crippen LogP contribution in [-0.2, 0) is 4.79 Å². The number of rotatable bonds is 7. The zero-order chi connectivity index (χ0) is 15.5. The number of amides is 2.